The number of nitrogens with two attached hydrogens (primary N) is 1. The molecule has 0 radical (unpaired) electrons. The molecule has 1 aromatic rings. The summed E-state index contributed by atoms with van der Waals surface area (Å²) in [5, 5.41) is 11.1. The highest BCUT2D eigenvalue weighted by atomic mass is 32.2. The summed E-state index contributed by atoms with van der Waals surface area (Å²) < 4.78 is 32.1. The molecule has 2 rings (SSSR count). The Morgan fingerprint density at radius 1 is 1.40 bits per heavy atom. The normalized spacial score (nSPS) is 17.9. The van der Waals surface area contributed by atoms with Crippen LogP contribution in [0.4, 0.5) is 5.69 Å². The number of amidine groups is 1. The fourth-order valence-corrected chi connectivity index (χ4v) is 3.47. The van der Waals surface area contributed by atoms with Crippen molar-refractivity contribution in [2.24, 2.45) is 10.9 Å². The average Bonchev–Trinajstić information content (AvgIpc) is 2.47. The average molecular weight is 299 g/mol. The lowest BCUT2D eigenvalue weighted by Crippen LogP contribution is -2.33. The zero-order valence-electron chi connectivity index (χ0n) is 10.8. The molecule has 1 saturated heterocycles. The first-order chi connectivity index (χ1) is 9.53. The van der Waals surface area contributed by atoms with Crippen molar-refractivity contribution in [3.05, 3.63) is 29.8 Å². The van der Waals surface area contributed by atoms with Crippen LogP contribution in [0.1, 0.15) is 18.4 Å². The Hall–Kier alpha value is -1.80. The minimum absolute atomic E-state index is 0.0721. The number of nitrogens with one attached hydrogen (secondary N) is 1. The predicted octanol–water partition coefficient (Wildman–Crippen LogP) is 0.702. The number of ether oxygens (including phenoxy) is 1. The van der Waals surface area contributed by atoms with E-state index in [0.717, 1.165) is 0 Å². The number of sulfonamides is 1. The highest BCUT2D eigenvalue weighted by Crippen LogP contribution is 2.20. The second-order valence-electron chi connectivity index (χ2n) is 4.52. The summed E-state index contributed by atoms with van der Waals surface area (Å²) in [5.41, 5.74) is 6.31. The van der Waals surface area contributed by atoms with Crippen LogP contribution in [0.2, 0.25) is 0 Å². The van der Waals surface area contributed by atoms with E-state index in [2.05, 4.69) is 9.88 Å². The molecule has 0 aromatic heterocycles. The molecule has 0 amide bonds. The predicted molar refractivity (Wildman–Crippen MR) is 75.3 cm³/mol. The van der Waals surface area contributed by atoms with Gasteiger partial charge in [0, 0.05) is 24.5 Å². The Labute approximate surface area is 117 Å². The molecule has 1 aromatic carbocycles. The van der Waals surface area contributed by atoms with E-state index in [-0.39, 0.29) is 5.84 Å². The van der Waals surface area contributed by atoms with Crippen LogP contribution in [0.5, 0.6) is 0 Å². The van der Waals surface area contributed by atoms with Crippen LogP contribution >= 0.6 is 0 Å². The van der Waals surface area contributed by atoms with Gasteiger partial charge in [-0.25, -0.2) is 8.42 Å². The molecule has 0 saturated carbocycles. The molecule has 4 N–H and O–H groups in total. The van der Waals surface area contributed by atoms with Crippen molar-refractivity contribution in [3.8, 4) is 0 Å². The van der Waals surface area contributed by atoms with E-state index in [0.29, 0.717) is 37.3 Å². The van der Waals surface area contributed by atoms with Crippen LogP contribution in [0.25, 0.3) is 0 Å². The number of oxime groups is 1. The summed E-state index contributed by atoms with van der Waals surface area (Å²) in [4.78, 5) is 0. The van der Waals surface area contributed by atoms with Gasteiger partial charge < -0.3 is 15.7 Å². The van der Waals surface area contributed by atoms with Gasteiger partial charge in [0.2, 0.25) is 10.0 Å². The zero-order chi connectivity index (χ0) is 14.6. The molecule has 0 unspecified atom stereocenters. The van der Waals surface area contributed by atoms with E-state index < -0.39 is 15.3 Å². The Kier molecular flexibility index (Phi) is 4.46. The molecule has 0 aliphatic carbocycles. The highest BCUT2D eigenvalue weighted by molar-refractivity contribution is 7.93. The maximum absolute atomic E-state index is 12.2. The first kappa shape index (κ1) is 14.6. The van der Waals surface area contributed by atoms with Gasteiger partial charge in [0.05, 0.1) is 5.25 Å². The van der Waals surface area contributed by atoms with Crippen molar-refractivity contribution < 1.29 is 18.4 Å². The summed E-state index contributed by atoms with van der Waals surface area (Å²) in [6.45, 7) is 0.908. The first-order valence-electron chi connectivity index (χ1n) is 6.20. The smallest absolute Gasteiger partial charge is 0.235 e. The van der Waals surface area contributed by atoms with Crippen LogP contribution in [-0.2, 0) is 14.8 Å². The van der Waals surface area contributed by atoms with E-state index in [1.54, 1.807) is 18.2 Å². The molecular weight excluding hydrogens is 282 g/mol. The molecular formula is C12H17N3O4S. The van der Waals surface area contributed by atoms with Crippen LogP contribution in [0.15, 0.2) is 29.4 Å². The number of hydrogen-bond donors (Lipinski definition) is 3. The second kappa shape index (κ2) is 6.10. The van der Waals surface area contributed by atoms with E-state index in [4.69, 9.17) is 15.7 Å². The van der Waals surface area contributed by atoms with Gasteiger partial charge in [0.25, 0.3) is 0 Å². The highest BCUT2D eigenvalue weighted by Gasteiger charge is 2.27. The van der Waals surface area contributed by atoms with E-state index in [9.17, 15) is 8.42 Å². The lowest BCUT2D eigenvalue weighted by atomic mass is 10.2. The maximum atomic E-state index is 12.2. The van der Waals surface area contributed by atoms with Crippen molar-refractivity contribution in [1.82, 2.24) is 0 Å². The third-order valence-corrected chi connectivity index (χ3v) is 5.00. The van der Waals surface area contributed by atoms with Crippen molar-refractivity contribution in [2.75, 3.05) is 17.9 Å². The summed E-state index contributed by atoms with van der Waals surface area (Å²) >= 11 is 0. The van der Waals surface area contributed by atoms with Gasteiger partial charge in [0.15, 0.2) is 5.84 Å². The molecule has 1 fully saturated rings. The van der Waals surface area contributed by atoms with Gasteiger partial charge in [-0.15, -0.1) is 0 Å². The Morgan fingerprint density at radius 2 is 2.10 bits per heavy atom. The van der Waals surface area contributed by atoms with Crippen LogP contribution in [0.3, 0.4) is 0 Å². The standard InChI is InChI=1S/C12H17N3O4S/c13-12(14-16)9-2-1-3-10(8-9)15-20(17,18)11-4-6-19-7-5-11/h1-3,8,11,15-16H,4-7H2,(H2,13,14). The maximum Gasteiger partial charge on any atom is 0.235 e. The molecule has 0 atom stereocenters. The minimum Gasteiger partial charge on any atom is -0.409 e. The number of benzene rings is 1. The number of hydrogen-bond acceptors (Lipinski definition) is 5. The summed E-state index contributed by atoms with van der Waals surface area (Å²) in [7, 11) is -3.46. The Balaban J connectivity index is 2.16. The molecule has 7 nitrogen and oxygen atoms in total. The molecule has 110 valence electrons. The molecule has 20 heavy (non-hydrogen) atoms. The fourth-order valence-electron chi connectivity index (χ4n) is 2.03. The largest absolute Gasteiger partial charge is 0.409 e. The topological polar surface area (TPSA) is 114 Å². The van der Waals surface area contributed by atoms with Crippen molar-refractivity contribution in [1.29, 1.82) is 0 Å². The zero-order valence-corrected chi connectivity index (χ0v) is 11.6. The summed E-state index contributed by atoms with van der Waals surface area (Å²) in [6.07, 6.45) is 0.963. The first-order valence-corrected chi connectivity index (χ1v) is 7.75. The van der Waals surface area contributed by atoms with Gasteiger partial charge in [-0.3, -0.25) is 4.72 Å². The molecule has 1 aliphatic heterocycles. The molecule has 0 spiro atoms. The van der Waals surface area contributed by atoms with E-state index in [1.807, 2.05) is 0 Å². The van der Waals surface area contributed by atoms with Crippen molar-refractivity contribution >= 4 is 21.5 Å². The minimum atomic E-state index is -3.46. The van der Waals surface area contributed by atoms with Crippen LogP contribution in [-0.4, -0.2) is 37.9 Å². The fraction of sp³-hybridized carbons (Fsp3) is 0.417. The van der Waals surface area contributed by atoms with Crippen LogP contribution in [0, 0.1) is 0 Å². The lowest BCUT2D eigenvalue weighted by Gasteiger charge is -2.22. The van der Waals surface area contributed by atoms with Crippen molar-refractivity contribution in [3.63, 3.8) is 0 Å². The SMILES string of the molecule is NC(=NO)c1cccc(NS(=O)(=O)C2CCOCC2)c1. The van der Waals surface area contributed by atoms with Gasteiger partial charge in [-0.2, -0.15) is 0 Å². The van der Waals surface area contributed by atoms with Gasteiger partial charge in [-0.1, -0.05) is 17.3 Å². The summed E-state index contributed by atoms with van der Waals surface area (Å²) in [5.74, 6) is -0.0721. The Morgan fingerprint density at radius 3 is 2.75 bits per heavy atom. The monoisotopic (exact) mass is 299 g/mol. The van der Waals surface area contributed by atoms with E-state index in [1.165, 1.54) is 6.07 Å². The third-order valence-electron chi connectivity index (χ3n) is 3.13. The third kappa shape index (κ3) is 3.40. The number of nitrogens with zero attached hydrogens (tertiary/aromatic N) is 1. The number of rotatable bonds is 4. The number of anilines is 1. The molecule has 0 bridgehead atoms. The summed E-state index contributed by atoms with van der Waals surface area (Å²) in [6, 6.07) is 6.40. The van der Waals surface area contributed by atoms with Gasteiger partial charge >= 0.3 is 0 Å². The Bertz CT molecular complexity index is 594. The quantitative estimate of drug-likeness (QED) is 0.328. The van der Waals surface area contributed by atoms with Crippen LogP contribution < -0.4 is 10.5 Å². The molecule has 1 heterocycles. The van der Waals surface area contributed by atoms with Gasteiger partial charge in [-0.05, 0) is 25.0 Å². The van der Waals surface area contributed by atoms with E-state index >= 15 is 0 Å². The van der Waals surface area contributed by atoms with Gasteiger partial charge in [0.1, 0.15) is 0 Å². The molecule has 8 heteroatoms. The second-order valence-corrected chi connectivity index (χ2v) is 6.49. The molecule has 1 aliphatic rings. The van der Waals surface area contributed by atoms with Crippen molar-refractivity contribution in [2.45, 2.75) is 18.1 Å². The lowest BCUT2D eigenvalue weighted by molar-refractivity contribution is 0.0984.